The first-order valence-corrected chi connectivity index (χ1v) is 8.18. The summed E-state index contributed by atoms with van der Waals surface area (Å²) in [6.07, 6.45) is 1.36. The maximum Gasteiger partial charge on any atom is 0.328 e. The van der Waals surface area contributed by atoms with Crippen LogP contribution in [0.3, 0.4) is 0 Å². The van der Waals surface area contributed by atoms with Crippen LogP contribution in [0.1, 0.15) is 40.5 Å². The van der Waals surface area contributed by atoms with Crippen molar-refractivity contribution in [3.8, 4) is 0 Å². The minimum atomic E-state index is -0.644. The molecule has 0 saturated carbocycles. The van der Waals surface area contributed by atoms with Crippen LogP contribution in [0, 0.1) is 5.41 Å². The molecule has 0 aliphatic carbocycles. The minimum absolute atomic E-state index is 0.169. The number of amides is 2. The van der Waals surface area contributed by atoms with Gasteiger partial charge in [-0.05, 0) is 64.8 Å². The number of nitrogens with one attached hydrogen (secondary N) is 3. The van der Waals surface area contributed by atoms with Crippen LogP contribution in [0.5, 0.6) is 0 Å². The lowest BCUT2D eigenvalue weighted by Gasteiger charge is -2.51. The number of hydrogen-bond acceptors (Lipinski definition) is 3. The Labute approximate surface area is 141 Å². The van der Waals surface area contributed by atoms with Crippen LogP contribution in [0.2, 0.25) is 5.02 Å². The Morgan fingerprint density at radius 3 is 2.13 bits per heavy atom. The predicted octanol–water partition coefficient (Wildman–Crippen LogP) is 3.53. The lowest BCUT2D eigenvalue weighted by molar-refractivity contribution is 0.127. The first-order chi connectivity index (χ1) is 10.5. The number of amidine groups is 1. The number of nitrogens with zero attached hydrogens (tertiary/aromatic N) is 1. The molecule has 1 aromatic carbocycles. The summed E-state index contributed by atoms with van der Waals surface area (Å²) in [4.78, 5) is 14.0. The third-order valence-electron chi connectivity index (χ3n) is 4.48. The molecule has 23 heavy (non-hydrogen) atoms. The Hall–Kier alpha value is -1.59. The van der Waals surface area contributed by atoms with E-state index in [1.165, 1.54) is 4.90 Å². The number of halogens is 1. The minimum Gasteiger partial charge on any atom is -0.325 e. The predicted molar refractivity (Wildman–Crippen MR) is 93.4 cm³/mol. The monoisotopic (exact) mass is 334 g/mol. The molecular formula is C17H23ClN4O. The molecule has 2 aliphatic rings. The molecule has 0 atom stereocenters. The standard InChI is InChI=1S/C17H23ClN4O/c1-15(2)9-17(10-16(3,4)21-15)13(19)22(14(23)20-17)12-7-5-11(18)6-8-12/h5-8,19,21H,9-10H2,1-4H3,(H,20,23). The summed E-state index contributed by atoms with van der Waals surface area (Å²) in [5, 5.41) is 16.0. The topological polar surface area (TPSA) is 68.2 Å². The Kier molecular flexibility index (Phi) is 3.50. The van der Waals surface area contributed by atoms with Gasteiger partial charge in [0.05, 0.1) is 5.69 Å². The molecular weight excluding hydrogens is 312 g/mol. The van der Waals surface area contributed by atoms with Crippen LogP contribution < -0.4 is 15.5 Å². The second-order valence-electron chi connectivity index (χ2n) is 7.92. The zero-order chi connectivity index (χ0) is 17.0. The molecule has 2 aliphatic heterocycles. The van der Waals surface area contributed by atoms with Crippen LogP contribution in [-0.4, -0.2) is 28.5 Å². The van der Waals surface area contributed by atoms with E-state index in [1.807, 2.05) is 0 Å². The zero-order valence-corrected chi connectivity index (χ0v) is 14.7. The number of benzene rings is 1. The van der Waals surface area contributed by atoms with Gasteiger partial charge >= 0.3 is 6.03 Å². The number of hydrogen-bond donors (Lipinski definition) is 3. The molecule has 1 spiro atoms. The van der Waals surface area contributed by atoms with Crippen LogP contribution in [0.4, 0.5) is 10.5 Å². The van der Waals surface area contributed by atoms with Gasteiger partial charge in [0.2, 0.25) is 0 Å². The first kappa shape index (κ1) is 16.3. The van der Waals surface area contributed by atoms with Gasteiger partial charge in [0, 0.05) is 16.1 Å². The quantitative estimate of drug-likeness (QED) is 0.735. The van der Waals surface area contributed by atoms with Crippen molar-refractivity contribution in [2.45, 2.75) is 57.2 Å². The third kappa shape index (κ3) is 2.83. The fourth-order valence-corrected chi connectivity index (χ4v) is 4.43. The molecule has 2 heterocycles. The summed E-state index contributed by atoms with van der Waals surface area (Å²) < 4.78 is 0. The van der Waals surface area contributed by atoms with E-state index in [-0.39, 0.29) is 17.1 Å². The van der Waals surface area contributed by atoms with E-state index in [0.717, 1.165) is 0 Å². The Morgan fingerprint density at radius 2 is 1.61 bits per heavy atom. The molecule has 6 heteroatoms. The maximum atomic E-state index is 12.6. The van der Waals surface area contributed by atoms with E-state index in [4.69, 9.17) is 17.0 Å². The van der Waals surface area contributed by atoms with E-state index >= 15 is 0 Å². The fourth-order valence-electron chi connectivity index (χ4n) is 4.30. The maximum absolute atomic E-state index is 12.6. The molecule has 0 unspecified atom stereocenters. The molecule has 1 aromatic rings. The highest BCUT2D eigenvalue weighted by Gasteiger charge is 2.56. The molecule has 124 valence electrons. The second kappa shape index (κ2) is 4.95. The van der Waals surface area contributed by atoms with E-state index in [0.29, 0.717) is 29.4 Å². The molecule has 2 saturated heterocycles. The van der Waals surface area contributed by atoms with Crippen LogP contribution in [-0.2, 0) is 0 Å². The Bertz CT molecular complexity index is 650. The van der Waals surface area contributed by atoms with Gasteiger partial charge in [-0.15, -0.1) is 0 Å². The van der Waals surface area contributed by atoms with E-state index in [9.17, 15) is 4.79 Å². The number of rotatable bonds is 1. The molecule has 0 bridgehead atoms. The van der Waals surface area contributed by atoms with Crippen LogP contribution >= 0.6 is 11.6 Å². The van der Waals surface area contributed by atoms with Gasteiger partial charge < -0.3 is 10.6 Å². The second-order valence-corrected chi connectivity index (χ2v) is 8.36. The average Bonchev–Trinajstić information content (AvgIpc) is 2.58. The number of carbonyl (C=O) groups excluding carboxylic acids is 1. The van der Waals surface area contributed by atoms with Gasteiger partial charge in [-0.3, -0.25) is 5.41 Å². The molecule has 3 rings (SSSR count). The SMILES string of the molecule is CC1(C)CC2(CC(C)(C)N1)NC(=O)N(c1ccc(Cl)cc1)C2=N. The Balaban J connectivity index is 1.99. The van der Waals surface area contributed by atoms with Crippen molar-refractivity contribution in [1.29, 1.82) is 5.41 Å². The molecule has 2 fully saturated rings. The summed E-state index contributed by atoms with van der Waals surface area (Å²) >= 11 is 5.93. The van der Waals surface area contributed by atoms with E-state index in [1.54, 1.807) is 24.3 Å². The van der Waals surface area contributed by atoms with Crippen LogP contribution in [0.15, 0.2) is 24.3 Å². The van der Waals surface area contributed by atoms with Crippen molar-refractivity contribution in [2.75, 3.05) is 4.90 Å². The lowest BCUT2D eigenvalue weighted by atomic mass is 9.70. The van der Waals surface area contributed by atoms with E-state index < -0.39 is 5.54 Å². The van der Waals surface area contributed by atoms with Crippen molar-refractivity contribution < 1.29 is 4.79 Å². The highest BCUT2D eigenvalue weighted by molar-refractivity contribution is 6.31. The van der Waals surface area contributed by atoms with Gasteiger partial charge in [0.25, 0.3) is 0 Å². The summed E-state index contributed by atoms with van der Waals surface area (Å²) in [6, 6.07) is 6.77. The third-order valence-corrected chi connectivity index (χ3v) is 4.73. The van der Waals surface area contributed by atoms with Crippen molar-refractivity contribution in [3.63, 3.8) is 0 Å². The number of carbonyl (C=O) groups is 1. The molecule has 5 nitrogen and oxygen atoms in total. The van der Waals surface area contributed by atoms with Gasteiger partial charge in [0.15, 0.2) is 0 Å². The van der Waals surface area contributed by atoms with Crippen molar-refractivity contribution in [3.05, 3.63) is 29.3 Å². The number of urea groups is 1. The summed E-state index contributed by atoms with van der Waals surface area (Å²) in [7, 11) is 0. The molecule has 0 radical (unpaired) electrons. The fraction of sp³-hybridized carbons (Fsp3) is 0.529. The highest BCUT2D eigenvalue weighted by atomic mass is 35.5. The van der Waals surface area contributed by atoms with Crippen molar-refractivity contribution in [1.82, 2.24) is 10.6 Å². The largest absolute Gasteiger partial charge is 0.328 e. The molecule has 2 amide bonds. The lowest BCUT2D eigenvalue weighted by Crippen LogP contribution is -2.68. The first-order valence-electron chi connectivity index (χ1n) is 7.80. The summed E-state index contributed by atoms with van der Waals surface area (Å²) in [6.45, 7) is 8.44. The van der Waals surface area contributed by atoms with Gasteiger partial charge in [0.1, 0.15) is 11.4 Å². The summed E-state index contributed by atoms with van der Waals surface area (Å²) in [5.74, 6) is 0.312. The average molecular weight is 335 g/mol. The van der Waals surface area contributed by atoms with Gasteiger partial charge in [-0.1, -0.05) is 11.6 Å². The highest BCUT2D eigenvalue weighted by Crippen LogP contribution is 2.41. The summed E-state index contributed by atoms with van der Waals surface area (Å²) in [5.41, 5.74) is -0.313. The van der Waals surface area contributed by atoms with Gasteiger partial charge in [-0.2, -0.15) is 0 Å². The smallest absolute Gasteiger partial charge is 0.325 e. The van der Waals surface area contributed by atoms with Crippen molar-refractivity contribution in [2.24, 2.45) is 0 Å². The molecule has 0 aromatic heterocycles. The zero-order valence-electron chi connectivity index (χ0n) is 14.0. The molecule has 3 N–H and O–H groups in total. The normalized spacial score (nSPS) is 24.8. The van der Waals surface area contributed by atoms with Gasteiger partial charge in [-0.25, -0.2) is 9.69 Å². The Morgan fingerprint density at radius 1 is 1.09 bits per heavy atom. The number of anilines is 1. The van der Waals surface area contributed by atoms with Crippen molar-refractivity contribution >= 4 is 29.2 Å². The van der Waals surface area contributed by atoms with Crippen LogP contribution in [0.25, 0.3) is 0 Å². The van der Waals surface area contributed by atoms with E-state index in [2.05, 4.69) is 38.3 Å². The number of piperidine rings is 1.